The minimum atomic E-state index is -0.390. The van der Waals surface area contributed by atoms with Gasteiger partial charge >= 0.3 is 0 Å². The number of ether oxygens (including phenoxy) is 2. The molecule has 0 amide bonds. The van der Waals surface area contributed by atoms with Crippen LogP contribution in [0.5, 0.6) is 11.5 Å². The molecule has 0 spiro atoms. The summed E-state index contributed by atoms with van der Waals surface area (Å²) in [6, 6.07) is 4.09. The number of Topliss-reactive ketones (excluding diaryl/α,β-unsaturated/α-hetero) is 1. The van der Waals surface area contributed by atoms with Crippen LogP contribution in [-0.4, -0.2) is 20.0 Å². The highest BCUT2D eigenvalue weighted by Gasteiger charge is 2.53. The molecule has 0 bridgehead atoms. The minimum Gasteiger partial charge on any atom is -0.493 e. The quantitative estimate of drug-likeness (QED) is 0.845. The van der Waals surface area contributed by atoms with Crippen molar-refractivity contribution in [2.75, 3.05) is 14.2 Å². The van der Waals surface area contributed by atoms with Crippen LogP contribution in [0, 0.1) is 12.3 Å². The van der Waals surface area contributed by atoms with E-state index in [1.54, 1.807) is 14.2 Å². The maximum atomic E-state index is 12.3. The van der Waals surface area contributed by atoms with E-state index < -0.39 is 0 Å². The van der Waals surface area contributed by atoms with E-state index >= 15 is 0 Å². The number of hydrogen-bond donors (Lipinski definition) is 0. The van der Waals surface area contributed by atoms with Crippen LogP contribution in [0.15, 0.2) is 12.1 Å². The predicted molar refractivity (Wildman–Crippen MR) is 79.7 cm³/mol. The third kappa shape index (κ3) is 1.91. The van der Waals surface area contributed by atoms with Gasteiger partial charge in [0.15, 0.2) is 11.5 Å². The fourth-order valence-corrected chi connectivity index (χ4v) is 3.28. The summed E-state index contributed by atoms with van der Waals surface area (Å²) in [5.41, 5.74) is 1.58. The van der Waals surface area contributed by atoms with Gasteiger partial charge in [0.2, 0.25) is 0 Å². The maximum Gasteiger partial charge on any atom is 0.164 e. The lowest BCUT2D eigenvalue weighted by Crippen LogP contribution is -2.38. The molecule has 20 heavy (non-hydrogen) atoms. The Morgan fingerprint density at radius 1 is 1.10 bits per heavy atom. The molecule has 1 aliphatic rings. The summed E-state index contributed by atoms with van der Waals surface area (Å²) < 4.78 is 11.0. The fraction of sp³-hybridized carbons (Fsp3) is 0.588. The Morgan fingerprint density at radius 2 is 1.75 bits per heavy atom. The van der Waals surface area contributed by atoms with Gasteiger partial charge in [0.05, 0.1) is 14.2 Å². The molecule has 1 aromatic carbocycles. The van der Waals surface area contributed by atoms with Crippen LogP contribution in [0.4, 0.5) is 0 Å². The molecule has 0 heterocycles. The van der Waals surface area contributed by atoms with Gasteiger partial charge in [0.1, 0.15) is 5.78 Å². The Morgan fingerprint density at radius 3 is 2.20 bits per heavy atom. The van der Waals surface area contributed by atoms with Crippen molar-refractivity contribution in [3.63, 3.8) is 0 Å². The van der Waals surface area contributed by atoms with E-state index in [0.29, 0.717) is 12.2 Å². The molecule has 1 atom stereocenters. The normalized spacial score (nSPS) is 24.8. The van der Waals surface area contributed by atoms with Gasteiger partial charge in [-0.15, -0.1) is 0 Å². The van der Waals surface area contributed by atoms with Gasteiger partial charge in [0.25, 0.3) is 0 Å². The maximum absolute atomic E-state index is 12.3. The zero-order valence-electron chi connectivity index (χ0n) is 13.3. The molecule has 0 aliphatic heterocycles. The summed E-state index contributed by atoms with van der Waals surface area (Å²) in [6.45, 7) is 8.28. The predicted octanol–water partition coefficient (Wildman–Crippen LogP) is 3.66. The molecule has 0 aromatic heterocycles. The number of carbonyl (C=O) groups excluding carboxylic acids is 1. The minimum absolute atomic E-state index is 0.227. The first-order chi connectivity index (χ1) is 9.27. The topological polar surface area (TPSA) is 35.5 Å². The fourth-order valence-electron chi connectivity index (χ4n) is 3.28. The second kappa shape index (κ2) is 4.80. The lowest BCUT2D eigenvalue weighted by Gasteiger charge is -2.38. The summed E-state index contributed by atoms with van der Waals surface area (Å²) in [5, 5.41) is 0. The molecule has 110 valence electrons. The highest BCUT2D eigenvalue weighted by molar-refractivity contribution is 5.89. The van der Waals surface area contributed by atoms with E-state index in [1.807, 2.05) is 26.8 Å². The lowest BCUT2D eigenvalue weighted by molar-refractivity contribution is -0.125. The Labute approximate surface area is 121 Å². The second-order valence-electron chi connectivity index (χ2n) is 6.43. The number of rotatable bonds is 3. The van der Waals surface area contributed by atoms with E-state index in [1.165, 1.54) is 0 Å². The van der Waals surface area contributed by atoms with Crippen LogP contribution in [-0.2, 0) is 10.2 Å². The summed E-state index contributed by atoms with van der Waals surface area (Å²) in [7, 11) is 3.30. The molecule has 1 fully saturated rings. The number of methoxy groups -OCH3 is 2. The highest BCUT2D eigenvalue weighted by Crippen LogP contribution is 2.55. The number of aryl methyl sites for hydroxylation is 1. The van der Waals surface area contributed by atoms with Crippen LogP contribution in [0.3, 0.4) is 0 Å². The van der Waals surface area contributed by atoms with Gasteiger partial charge < -0.3 is 9.47 Å². The molecule has 0 saturated heterocycles. The molecule has 2 rings (SSSR count). The van der Waals surface area contributed by atoms with Crippen LogP contribution in [0.2, 0.25) is 0 Å². The van der Waals surface area contributed by atoms with Crippen LogP contribution in [0.25, 0.3) is 0 Å². The van der Waals surface area contributed by atoms with Gasteiger partial charge in [0, 0.05) is 22.8 Å². The van der Waals surface area contributed by atoms with Crippen molar-refractivity contribution in [1.82, 2.24) is 0 Å². The van der Waals surface area contributed by atoms with E-state index in [0.717, 1.165) is 29.0 Å². The number of hydrogen-bond acceptors (Lipinski definition) is 3. The summed E-state index contributed by atoms with van der Waals surface area (Å²) in [5.74, 6) is 1.81. The summed E-state index contributed by atoms with van der Waals surface area (Å²) in [6.07, 6.45) is 1.48. The van der Waals surface area contributed by atoms with Gasteiger partial charge in [-0.05, 0) is 25.0 Å². The SMILES string of the molecule is COc1cc(C)cc(C2(C)CCC(=O)C2(C)C)c1OC. The third-order valence-corrected chi connectivity index (χ3v) is 5.15. The van der Waals surface area contributed by atoms with Crippen molar-refractivity contribution in [2.24, 2.45) is 5.41 Å². The van der Waals surface area contributed by atoms with E-state index in [9.17, 15) is 4.79 Å². The van der Waals surface area contributed by atoms with E-state index in [4.69, 9.17) is 9.47 Å². The van der Waals surface area contributed by atoms with Crippen LogP contribution in [0.1, 0.15) is 44.7 Å². The van der Waals surface area contributed by atoms with Crippen molar-refractivity contribution in [3.8, 4) is 11.5 Å². The first kappa shape index (κ1) is 14.9. The molecule has 3 nitrogen and oxygen atoms in total. The van der Waals surface area contributed by atoms with Crippen molar-refractivity contribution >= 4 is 5.78 Å². The molecular formula is C17H24O3. The molecular weight excluding hydrogens is 252 g/mol. The van der Waals surface area contributed by atoms with Crippen molar-refractivity contribution < 1.29 is 14.3 Å². The monoisotopic (exact) mass is 276 g/mol. The average Bonchev–Trinajstić information content (AvgIpc) is 2.62. The van der Waals surface area contributed by atoms with Gasteiger partial charge in [-0.2, -0.15) is 0 Å². The first-order valence-electron chi connectivity index (χ1n) is 7.04. The van der Waals surface area contributed by atoms with Gasteiger partial charge in [-0.3, -0.25) is 4.79 Å². The van der Waals surface area contributed by atoms with E-state index in [2.05, 4.69) is 13.0 Å². The molecule has 0 radical (unpaired) electrons. The first-order valence-corrected chi connectivity index (χ1v) is 7.04. The van der Waals surface area contributed by atoms with Crippen molar-refractivity contribution in [1.29, 1.82) is 0 Å². The van der Waals surface area contributed by atoms with Crippen molar-refractivity contribution in [3.05, 3.63) is 23.3 Å². The number of ketones is 1. The average molecular weight is 276 g/mol. The summed E-state index contributed by atoms with van der Waals surface area (Å²) >= 11 is 0. The lowest BCUT2D eigenvalue weighted by atomic mass is 9.64. The molecule has 0 N–H and O–H groups in total. The Kier molecular flexibility index (Phi) is 3.57. The smallest absolute Gasteiger partial charge is 0.164 e. The molecule has 1 saturated carbocycles. The largest absolute Gasteiger partial charge is 0.493 e. The van der Waals surface area contributed by atoms with Gasteiger partial charge in [-0.1, -0.05) is 26.8 Å². The molecule has 3 heteroatoms. The Bertz CT molecular complexity index is 545. The van der Waals surface area contributed by atoms with E-state index in [-0.39, 0.29) is 10.8 Å². The van der Waals surface area contributed by atoms with Crippen molar-refractivity contribution in [2.45, 2.75) is 46.0 Å². The molecule has 1 unspecified atom stereocenters. The zero-order chi connectivity index (χ0) is 15.1. The standard InChI is InChI=1S/C17H24O3/c1-11-9-12(15(20-6)13(10-11)19-5)17(4)8-7-14(18)16(17,2)3/h9-10H,7-8H2,1-6H3. The highest BCUT2D eigenvalue weighted by atomic mass is 16.5. The second-order valence-corrected chi connectivity index (χ2v) is 6.43. The number of carbonyl (C=O) groups is 1. The Balaban J connectivity index is 2.69. The zero-order valence-corrected chi connectivity index (χ0v) is 13.3. The molecule has 1 aromatic rings. The third-order valence-electron chi connectivity index (χ3n) is 5.15. The van der Waals surface area contributed by atoms with Crippen LogP contribution >= 0.6 is 0 Å². The molecule has 1 aliphatic carbocycles. The number of benzene rings is 1. The Hall–Kier alpha value is -1.51. The van der Waals surface area contributed by atoms with Gasteiger partial charge in [-0.25, -0.2) is 0 Å². The summed E-state index contributed by atoms with van der Waals surface area (Å²) in [4.78, 5) is 12.3. The van der Waals surface area contributed by atoms with Crippen LogP contribution < -0.4 is 9.47 Å².